The highest BCUT2D eigenvalue weighted by atomic mass is 31.2. The highest BCUT2D eigenvalue weighted by Gasteiger charge is 2.30. The number of allylic oxidation sites excluding steroid dienone is 26. The van der Waals surface area contributed by atoms with Gasteiger partial charge in [0.25, 0.3) is 0 Å². The molecular formula is C89H148O17P2. The second-order valence-corrected chi connectivity index (χ2v) is 30.2. The second kappa shape index (κ2) is 79.8. The van der Waals surface area contributed by atoms with Crippen molar-refractivity contribution in [3.8, 4) is 0 Å². The molecule has 0 spiro atoms. The van der Waals surface area contributed by atoms with Crippen LogP contribution < -0.4 is 0 Å². The van der Waals surface area contributed by atoms with Crippen LogP contribution in [0.5, 0.6) is 0 Å². The van der Waals surface area contributed by atoms with Gasteiger partial charge in [-0.2, -0.15) is 0 Å². The molecule has 0 rings (SSSR count). The van der Waals surface area contributed by atoms with Crippen molar-refractivity contribution in [3.63, 3.8) is 0 Å². The number of hydrogen-bond donors (Lipinski definition) is 3. The van der Waals surface area contributed by atoms with Crippen LogP contribution in [0.15, 0.2) is 158 Å². The van der Waals surface area contributed by atoms with E-state index in [0.29, 0.717) is 25.7 Å². The minimum atomic E-state index is -5.00. The van der Waals surface area contributed by atoms with E-state index in [1.165, 1.54) is 38.5 Å². The zero-order chi connectivity index (χ0) is 78.9. The Hall–Kier alpha value is -5.32. The molecule has 0 aliphatic carbocycles. The lowest BCUT2D eigenvalue weighted by atomic mass is 10.1. The summed E-state index contributed by atoms with van der Waals surface area (Å²) >= 11 is 0. The van der Waals surface area contributed by atoms with Crippen LogP contribution in [-0.4, -0.2) is 96.7 Å². The van der Waals surface area contributed by atoms with Crippen LogP contribution in [0.1, 0.15) is 323 Å². The normalized spacial score (nSPS) is 14.6. The molecule has 17 nitrogen and oxygen atoms in total. The van der Waals surface area contributed by atoms with Crippen molar-refractivity contribution >= 4 is 39.5 Å². The standard InChI is InChI=1S/C89H148O17P2/c1-5-9-13-17-21-25-29-32-35-38-41-44-47-50-54-57-61-65-69-73-86(91)99-79-84(105-88(93)75-71-67-63-59-53-28-24-20-16-12-8-4)81-103-107(95,96)101-77-83(90)78-102-108(97,98)104-82-85(106-89(94)76-72-68-64-60-56-52-49-46-43-40-37-34-31-27-23-19-15-11-7-3)80-100-87(92)74-70-66-62-58-55-51-48-45-42-39-36-33-30-26-22-18-14-10-6-2/h9-11,13-15,21-23,25-27,32-37,41-46,51,55,83-85,90H,5-8,12,16-20,24,28-31,38-40,47-50,52-54,56-82H2,1-4H3,(H,95,96)(H,97,98)/b13-9-,14-10-,15-11-,25-21-,26-22-,27-23-,35-32-,36-33-,37-34-,44-41-,45-42-,46-43-,55-51-. The zero-order valence-corrected chi connectivity index (χ0v) is 69.3. The van der Waals surface area contributed by atoms with Crippen LogP contribution in [-0.2, 0) is 65.4 Å². The number of rotatable bonds is 77. The van der Waals surface area contributed by atoms with Crippen LogP contribution in [0.2, 0.25) is 0 Å². The van der Waals surface area contributed by atoms with Gasteiger partial charge in [0, 0.05) is 25.7 Å². The number of aliphatic hydroxyl groups is 1. The molecule has 0 heterocycles. The monoisotopic (exact) mass is 1550 g/mol. The maximum absolute atomic E-state index is 13.1. The third-order valence-electron chi connectivity index (χ3n) is 17.0. The molecule has 5 unspecified atom stereocenters. The fraction of sp³-hybridized carbons (Fsp3) is 0.663. The highest BCUT2D eigenvalue weighted by molar-refractivity contribution is 7.47. The molecular weight excluding hydrogens is 1400 g/mol. The summed E-state index contributed by atoms with van der Waals surface area (Å²) in [6.07, 6.45) is 93.5. The average molecular weight is 1550 g/mol. The molecule has 0 aliphatic heterocycles. The Balaban J connectivity index is 5.40. The fourth-order valence-electron chi connectivity index (χ4n) is 10.8. The minimum Gasteiger partial charge on any atom is -0.462 e. The number of carbonyl (C=O) groups excluding carboxylic acids is 4. The SMILES string of the molecule is CC/C=C\C/C=C\C/C=C\C/C=C\C/C=C\CCCCCC(=O)OCC(COP(=O)(O)OCC(O)COP(=O)(O)OCC(COC(=O)CCCCCCCC/C=C\C/C=C\C/C=C\C/C=C\CC)OC(=O)CCCCCCCCCCCCC)OC(=O)CCCCCCCC/C=C\C/C=C\C/C=C\C/C=C\CC. The molecule has 3 N–H and O–H groups in total. The van der Waals surface area contributed by atoms with E-state index in [-0.39, 0.29) is 25.7 Å². The molecule has 616 valence electrons. The summed E-state index contributed by atoms with van der Waals surface area (Å²) in [6, 6.07) is 0. The van der Waals surface area contributed by atoms with Gasteiger partial charge in [0.2, 0.25) is 0 Å². The summed E-state index contributed by atoms with van der Waals surface area (Å²) in [5.41, 5.74) is 0. The Labute approximate surface area is 655 Å². The molecule has 108 heavy (non-hydrogen) atoms. The van der Waals surface area contributed by atoms with E-state index in [9.17, 15) is 43.2 Å². The molecule has 19 heteroatoms. The number of phosphoric acid groups is 2. The van der Waals surface area contributed by atoms with Gasteiger partial charge >= 0.3 is 39.5 Å². The van der Waals surface area contributed by atoms with Crippen molar-refractivity contribution in [1.82, 2.24) is 0 Å². The molecule has 0 saturated carbocycles. The van der Waals surface area contributed by atoms with Gasteiger partial charge in [0.15, 0.2) is 12.2 Å². The van der Waals surface area contributed by atoms with Crippen molar-refractivity contribution in [2.45, 2.75) is 341 Å². The smallest absolute Gasteiger partial charge is 0.462 e. The van der Waals surface area contributed by atoms with Gasteiger partial charge in [-0.1, -0.05) is 308 Å². The average Bonchev–Trinajstić information content (AvgIpc) is 0.917. The number of carbonyl (C=O) groups is 4. The number of phosphoric ester groups is 2. The zero-order valence-electron chi connectivity index (χ0n) is 67.5. The van der Waals surface area contributed by atoms with Gasteiger partial charge in [-0.15, -0.1) is 0 Å². The Bertz CT molecular complexity index is 2660. The van der Waals surface area contributed by atoms with Gasteiger partial charge in [0.05, 0.1) is 26.4 Å². The third kappa shape index (κ3) is 78.8. The van der Waals surface area contributed by atoms with Crippen molar-refractivity contribution in [3.05, 3.63) is 158 Å². The first-order valence-electron chi connectivity index (χ1n) is 41.7. The van der Waals surface area contributed by atoms with Gasteiger partial charge in [-0.3, -0.25) is 37.3 Å². The van der Waals surface area contributed by atoms with Crippen LogP contribution in [0.4, 0.5) is 0 Å². The summed E-state index contributed by atoms with van der Waals surface area (Å²) in [6.45, 7) is 4.48. The summed E-state index contributed by atoms with van der Waals surface area (Å²) in [5, 5.41) is 10.7. The molecule has 0 aromatic rings. The van der Waals surface area contributed by atoms with E-state index >= 15 is 0 Å². The Morgan fingerprint density at radius 3 is 0.750 bits per heavy atom. The minimum absolute atomic E-state index is 0.0663. The van der Waals surface area contributed by atoms with E-state index in [0.717, 1.165) is 205 Å². The number of aliphatic hydroxyl groups excluding tert-OH is 1. The lowest BCUT2D eigenvalue weighted by molar-refractivity contribution is -0.161. The predicted octanol–water partition coefficient (Wildman–Crippen LogP) is 24.8. The lowest BCUT2D eigenvalue weighted by Gasteiger charge is -2.21. The van der Waals surface area contributed by atoms with Crippen molar-refractivity contribution in [1.29, 1.82) is 0 Å². The maximum atomic E-state index is 13.1. The molecule has 0 aromatic carbocycles. The Morgan fingerprint density at radius 1 is 0.269 bits per heavy atom. The van der Waals surface area contributed by atoms with Crippen molar-refractivity contribution in [2.24, 2.45) is 0 Å². The first-order valence-corrected chi connectivity index (χ1v) is 44.7. The quantitative estimate of drug-likeness (QED) is 0.0169. The number of ether oxygens (including phenoxy) is 4. The Kier molecular flexibility index (Phi) is 75.8. The van der Waals surface area contributed by atoms with Crippen molar-refractivity contribution in [2.75, 3.05) is 39.6 Å². The molecule has 0 amide bonds. The van der Waals surface area contributed by atoms with E-state index in [2.05, 4.69) is 186 Å². The molecule has 0 fully saturated rings. The molecule has 0 radical (unpaired) electrons. The summed E-state index contributed by atoms with van der Waals surface area (Å²) in [7, 11) is -9.99. The van der Waals surface area contributed by atoms with E-state index < -0.39 is 97.5 Å². The number of hydrogen-bond acceptors (Lipinski definition) is 15. The largest absolute Gasteiger partial charge is 0.472 e. The summed E-state index contributed by atoms with van der Waals surface area (Å²) in [5.74, 6) is -2.24. The molecule has 0 aliphatic rings. The third-order valence-corrected chi connectivity index (χ3v) is 18.9. The van der Waals surface area contributed by atoms with E-state index in [1.54, 1.807) is 0 Å². The molecule has 5 atom stereocenters. The maximum Gasteiger partial charge on any atom is 0.472 e. The fourth-order valence-corrected chi connectivity index (χ4v) is 12.3. The topological polar surface area (TPSA) is 237 Å². The second-order valence-electron chi connectivity index (χ2n) is 27.3. The first kappa shape index (κ1) is 103. The van der Waals surface area contributed by atoms with Crippen LogP contribution >= 0.6 is 15.6 Å². The van der Waals surface area contributed by atoms with E-state index in [1.807, 2.05) is 0 Å². The van der Waals surface area contributed by atoms with Gasteiger partial charge in [-0.25, -0.2) is 9.13 Å². The van der Waals surface area contributed by atoms with Crippen molar-refractivity contribution < 1.29 is 80.2 Å². The van der Waals surface area contributed by atoms with E-state index in [4.69, 9.17) is 37.0 Å². The van der Waals surface area contributed by atoms with Crippen LogP contribution in [0, 0.1) is 0 Å². The van der Waals surface area contributed by atoms with Crippen LogP contribution in [0.3, 0.4) is 0 Å². The van der Waals surface area contributed by atoms with Gasteiger partial charge in [-0.05, 0) is 148 Å². The summed E-state index contributed by atoms with van der Waals surface area (Å²) in [4.78, 5) is 73.2. The molecule has 0 saturated heterocycles. The van der Waals surface area contributed by atoms with Gasteiger partial charge in [0.1, 0.15) is 19.3 Å². The lowest BCUT2D eigenvalue weighted by Crippen LogP contribution is -2.30. The number of esters is 4. The highest BCUT2D eigenvalue weighted by Crippen LogP contribution is 2.45. The molecule has 0 bridgehead atoms. The predicted molar refractivity (Wildman–Crippen MR) is 445 cm³/mol. The Morgan fingerprint density at radius 2 is 0.481 bits per heavy atom. The first-order chi connectivity index (χ1) is 52.7. The summed E-state index contributed by atoms with van der Waals surface area (Å²) < 4.78 is 68.7. The van der Waals surface area contributed by atoms with Crippen LogP contribution in [0.25, 0.3) is 0 Å². The number of unbranched alkanes of at least 4 members (excludes halogenated alkanes) is 25. The van der Waals surface area contributed by atoms with Gasteiger partial charge < -0.3 is 33.8 Å². The molecule has 0 aromatic heterocycles.